The predicted molar refractivity (Wildman–Crippen MR) is 115 cm³/mol. The zero-order valence-electron chi connectivity index (χ0n) is 16.5. The van der Waals surface area contributed by atoms with Crippen LogP contribution in [0.1, 0.15) is 15.9 Å². The zero-order valence-corrected chi connectivity index (χ0v) is 17.3. The van der Waals surface area contributed by atoms with Crippen LogP contribution in [0.2, 0.25) is 0 Å². The lowest BCUT2D eigenvalue weighted by Gasteiger charge is -2.18. The molecule has 9 heteroatoms. The van der Waals surface area contributed by atoms with Crippen molar-refractivity contribution in [1.82, 2.24) is 25.7 Å². The van der Waals surface area contributed by atoms with Gasteiger partial charge in [-0.2, -0.15) is 0 Å². The first kappa shape index (κ1) is 20.4. The second kappa shape index (κ2) is 8.86. The largest absolute Gasteiger partial charge is 0.347 e. The molecule has 1 fully saturated rings. The molecule has 0 spiro atoms. The van der Waals surface area contributed by atoms with Gasteiger partial charge in [0.1, 0.15) is 0 Å². The van der Waals surface area contributed by atoms with E-state index in [-0.39, 0.29) is 11.9 Å². The highest BCUT2D eigenvalue weighted by molar-refractivity contribution is 7.98. The van der Waals surface area contributed by atoms with E-state index < -0.39 is 11.8 Å². The number of amides is 2. The lowest BCUT2D eigenvalue weighted by Crippen LogP contribution is -2.45. The van der Waals surface area contributed by atoms with Gasteiger partial charge in [0.15, 0.2) is 5.16 Å². The maximum atomic E-state index is 12.6. The number of rotatable bonds is 6. The lowest BCUT2D eigenvalue weighted by molar-refractivity contribution is -0.133. The minimum atomic E-state index is -0.502. The van der Waals surface area contributed by atoms with Crippen molar-refractivity contribution in [3.05, 3.63) is 59.7 Å². The van der Waals surface area contributed by atoms with Crippen LogP contribution < -0.4 is 16.1 Å². The van der Waals surface area contributed by atoms with Crippen LogP contribution >= 0.6 is 11.8 Å². The summed E-state index contributed by atoms with van der Waals surface area (Å²) in [4.78, 5) is 29.0. The summed E-state index contributed by atoms with van der Waals surface area (Å²) in [5.41, 5.74) is 5.28. The molecule has 1 saturated heterocycles. The van der Waals surface area contributed by atoms with Gasteiger partial charge in [0, 0.05) is 18.7 Å². The zero-order chi connectivity index (χ0) is 21.1. The summed E-state index contributed by atoms with van der Waals surface area (Å²) in [6.07, 6.45) is 2.01. The highest BCUT2D eigenvalue weighted by Gasteiger charge is 2.34. The van der Waals surface area contributed by atoms with Crippen molar-refractivity contribution >= 4 is 34.6 Å². The van der Waals surface area contributed by atoms with Gasteiger partial charge in [-0.3, -0.25) is 14.8 Å². The number of hydroxylamine groups is 1. The summed E-state index contributed by atoms with van der Waals surface area (Å²) in [5.74, 6) is -1.25. The molecule has 0 saturated carbocycles. The standard InChI is InChI=1S/C21H23N5O3S/c1-30-21-24-16-4-2-3-5-18(16)26(21)12-13-6-8-14(9-7-13)19(27)23-17-11-22-10-15(17)20(28)25-29/h2-9,15,17,22,29H,10-12H2,1H3,(H,23,27)(H,25,28)/t15-,17?/m0/s1. The van der Waals surface area contributed by atoms with Crippen LogP contribution in [0.5, 0.6) is 0 Å². The molecule has 30 heavy (non-hydrogen) atoms. The Bertz CT molecular complexity index is 1070. The molecule has 2 aromatic carbocycles. The maximum Gasteiger partial charge on any atom is 0.251 e. The number of para-hydroxylation sites is 2. The van der Waals surface area contributed by atoms with Crippen LogP contribution in [0.15, 0.2) is 53.7 Å². The normalized spacial score (nSPS) is 18.5. The highest BCUT2D eigenvalue weighted by atomic mass is 32.2. The van der Waals surface area contributed by atoms with Crippen LogP contribution in [-0.2, 0) is 11.3 Å². The Balaban J connectivity index is 1.47. The molecule has 3 aromatic rings. The van der Waals surface area contributed by atoms with Gasteiger partial charge in [-0.15, -0.1) is 0 Å². The number of thioether (sulfide) groups is 1. The van der Waals surface area contributed by atoms with Gasteiger partial charge in [0.25, 0.3) is 5.91 Å². The molecule has 0 aliphatic carbocycles. The summed E-state index contributed by atoms with van der Waals surface area (Å²) in [5, 5.41) is 15.7. The first-order valence-electron chi connectivity index (χ1n) is 9.64. The number of nitrogens with zero attached hydrogens (tertiary/aromatic N) is 2. The molecule has 0 radical (unpaired) electrons. The summed E-state index contributed by atoms with van der Waals surface area (Å²) >= 11 is 1.60. The summed E-state index contributed by atoms with van der Waals surface area (Å²) in [6.45, 7) is 1.55. The van der Waals surface area contributed by atoms with E-state index in [1.165, 1.54) is 0 Å². The molecule has 156 valence electrons. The van der Waals surface area contributed by atoms with Gasteiger partial charge in [-0.05, 0) is 36.1 Å². The maximum absolute atomic E-state index is 12.6. The second-order valence-corrected chi connectivity index (χ2v) is 7.96. The van der Waals surface area contributed by atoms with E-state index in [4.69, 9.17) is 5.21 Å². The van der Waals surface area contributed by atoms with Gasteiger partial charge in [0.05, 0.1) is 29.5 Å². The average molecular weight is 426 g/mol. The first-order valence-corrected chi connectivity index (χ1v) is 10.9. The Morgan fingerprint density at radius 2 is 1.97 bits per heavy atom. The monoisotopic (exact) mass is 425 g/mol. The Morgan fingerprint density at radius 3 is 2.70 bits per heavy atom. The van der Waals surface area contributed by atoms with E-state index in [9.17, 15) is 9.59 Å². The van der Waals surface area contributed by atoms with Crippen molar-refractivity contribution in [2.24, 2.45) is 5.92 Å². The Hall–Kier alpha value is -2.88. The van der Waals surface area contributed by atoms with E-state index in [1.54, 1.807) is 29.4 Å². The Labute approximate surface area is 178 Å². The van der Waals surface area contributed by atoms with Crippen LogP contribution in [0, 0.1) is 5.92 Å². The lowest BCUT2D eigenvalue weighted by atomic mass is 10.0. The fourth-order valence-electron chi connectivity index (χ4n) is 3.75. The van der Waals surface area contributed by atoms with Gasteiger partial charge in [-0.1, -0.05) is 36.0 Å². The van der Waals surface area contributed by atoms with Crippen molar-refractivity contribution in [1.29, 1.82) is 0 Å². The fourth-order valence-corrected chi connectivity index (χ4v) is 4.32. The van der Waals surface area contributed by atoms with E-state index in [2.05, 4.69) is 26.3 Å². The molecule has 1 unspecified atom stereocenters. The molecular weight excluding hydrogens is 402 g/mol. The number of imidazole rings is 1. The molecule has 2 heterocycles. The van der Waals surface area contributed by atoms with Crippen molar-refractivity contribution in [3.63, 3.8) is 0 Å². The molecule has 2 atom stereocenters. The quantitative estimate of drug-likeness (QED) is 0.272. The van der Waals surface area contributed by atoms with Crippen LogP contribution in [0.3, 0.4) is 0 Å². The number of benzene rings is 2. The van der Waals surface area contributed by atoms with Gasteiger partial charge < -0.3 is 15.2 Å². The number of fused-ring (bicyclic) bond motifs is 1. The molecule has 1 aliphatic heterocycles. The SMILES string of the molecule is CSc1nc2ccccc2n1Cc1ccc(C(=O)NC2CNC[C@@H]2C(=O)NO)cc1. The van der Waals surface area contributed by atoms with E-state index in [1.807, 2.05) is 36.6 Å². The fraction of sp³-hybridized carbons (Fsp3) is 0.286. The third-order valence-electron chi connectivity index (χ3n) is 5.34. The number of nitrogens with one attached hydrogen (secondary N) is 3. The van der Waals surface area contributed by atoms with Crippen molar-refractivity contribution < 1.29 is 14.8 Å². The minimum Gasteiger partial charge on any atom is -0.347 e. The van der Waals surface area contributed by atoms with Gasteiger partial charge >= 0.3 is 0 Å². The van der Waals surface area contributed by atoms with Crippen LogP contribution in [0.25, 0.3) is 11.0 Å². The van der Waals surface area contributed by atoms with E-state index >= 15 is 0 Å². The molecule has 2 amide bonds. The molecule has 1 aromatic heterocycles. The second-order valence-electron chi connectivity index (χ2n) is 7.19. The van der Waals surface area contributed by atoms with E-state index in [0.29, 0.717) is 25.2 Å². The molecule has 4 rings (SSSR count). The molecular formula is C21H23N5O3S. The van der Waals surface area contributed by atoms with Crippen LogP contribution in [-0.4, -0.2) is 52.0 Å². The van der Waals surface area contributed by atoms with Crippen LogP contribution in [0.4, 0.5) is 0 Å². The minimum absolute atomic E-state index is 0.246. The highest BCUT2D eigenvalue weighted by Crippen LogP contribution is 2.23. The number of carbonyl (C=O) groups is 2. The third kappa shape index (κ3) is 4.04. The summed E-state index contributed by atoms with van der Waals surface area (Å²) < 4.78 is 2.16. The van der Waals surface area contributed by atoms with Crippen molar-refractivity contribution in [2.75, 3.05) is 19.3 Å². The summed E-state index contributed by atoms with van der Waals surface area (Å²) in [7, 11) is 0. The van der Waals surface area contributed by atoms with Gasteiger partial charge in [0.2, 0.25) is 5.91 Å². The molecule has 0 bridgehead atoms. The number of aromatic nitrogens is 2. The summed E-state index contributed by atoms with van der Waals surface area (Å²) in [6, 6.07) is 15.1. The number of hydrogen-bond donors (Lipinski definition) is 4. The van der Waals surface area contributed by atoms with E-state index in [0.717, 1.165) is 21.8 Å². The number of hydrogen-bond acceptors (Lipinski definition) is 6. The van der Waals surface area contributed by atoms with Crippen molar-refractivity contribution in [3.8, 4) is 0 Å². The average Bonchev–Trinajstić information content (AvgIpc) is 3.38. The predicted octanol–water partition coefficient (Wildman–Crippen LogP) is 1.63. The first-order chi connectivity index (χ1) is 14.6. The Kier molecular flexibility index (Phi) is 6.03. The van der Waals surface area contributed by atoms with Crippen molar-refractivity contribution in [2.45, 2.75) is 17.7 Å². The smallest absolute Gasteiger partial charge is 0.251 e. The van der Waals surface area contributed by atoms with Gasteiger partial charge in [-0.25, -0.2) is 10.5 Å². The topological polar surface area (TPSA) is 108 Å². The molecule has 1 aliphatic rings. The molecule has 4 N–H and O–H groups in total. The number of carbonyl (C=O) groups excluding carboxylic acids is 2. The Morgan fingerprint density at radius 1 is 1.20 bits per heavy atom. The molecule has 8 nitrogen and oxygen atoms in total. The third-order valence-corrected chi connectivity index (χ3v) is 6.01.